The van der Waals surface area contributed by atoms with Crippen LogP contribution in [0.5, 0.6) is 0 Å². The van der Waals surface area contributed by atoms with Crippen LogP contribution in [0, 0.1) is 13.8 Å². The van der Waals surface area contributed by atoms with Crippen LogP contribution in [-0.4, -0.2) is 20.2 Å². The van der Waals surface area contributed by atoms with Crippen molar-refractivity contribution in [3.63, 3.8) is 0 Å². The minimum atomic E-state index is 0.595. The van der Waals surface area contributed by atoms with Gasteiger partial charge in [-0.25, -0.2) is 0 Å². The van der Waals surface area contributed by atoms with E-state index in [1.165, 1.54) is 15.9 Å². The first kappa shape index (κ1) is 10.6. The molecule has 16 heavy (non-hydrogen) atoms. The molecule has 5 nitrogen and oxygen atoms in total. The molecule has 0 saturated heterocycles. The topological polar surface area (TPSA) is 55.6 Å². The number of tetrazole rings is 1. The highest BCUT2D eigenvalue weighted by Gasteiger charge is 2.02. The molecule has 0 atom stereocenters. The van der Waals surface area contributed by atoms with E-state index in [0.29, 0.717) is 12.4 Å². The smallest absolute Gasteiger partial charge is 0.193 e. The number of hydrogen-bond donors (Lipinski definition) is 1. The maximum Gasteiger partial charge on any atom is 0.193 e. The summed E-state index contributed by atoms with van der Waals surface area (Å²) >= 11 is 0. The zero-order chi connectivity index (χ0) is 11.5. The van der Waals surface area contributed by atoms with Crippen LogP contribution in [0.4, 0.5) is 5.69 Å². The average Bonchev–Trinajstić information content (AvgIpc) is 2.66. The molecule has 1 N–H and O–H groups in total. The number of hydrogen-bond acceptors (Lipinski definition) is 4. The Hall–Kier alpha value is -1.91. The van der Waals surface area contributed by atoms with Crippen molar-refractivity contribution in [1.82, 2.24) is 20.2 Å². The fraction of sp³-hybridized carbons (Fsp3) is 0.364. The van der Waals surface area contributed by atoms with Crippen molar-refractivity contribution in [3.05, 3.63) is 35.2 Å². The second-order valence-electron chi connectivity index (χ2n) is 3.87. The van der Waals surface area contributed by atoms with Crippen LogP contribution in [-0.2, 0) is 13.6 Å². The molecule has 0 spiro atoms. The molecule has 0 amide bonds. The Bertz CT molecular complexity index is 489. The molecule has 0 bridgehead atoms. The molecule has 0 fully saturated rings. The Morgan fingerprint density at radius 3 is 2.81 bits per heavy atom. The van der Waals surface area contributed by atoms with Crippen LogP contribution in [0.3, 0.4) is 0 Å². The van der Waals surface area contributed by atoms with Crippen LogP contribution < -0.4 is 5.32 Å². The van der Waals surface area contributed by atoms with Gasteiger partial charge in [0.15, 0.2) is 5.82 Å². The van der Waals surface area contributed by atoms with Crippen molar-refractivity contribution in [1.29, 1.82) is 0 Å². The third-order valence-corrected chi connectivity index (χ3v) is 2.38. The van der Waals surface area contributed by atoms with Crippen LogP contribution in [0.25, 0.3) is 0 Å². The molecule has 84 valence electrons. The van der Waals surface area contributed by atoms with E-state index in [9.17, 15) is 0 Å². The summed E-state index contributed by atoms with van der Waals surface area (Å²) in [5.74, 6) is 0.698. The second-order valence-corrected chi connectivity index (χ2v) is 3.87. The van der Waals surface area contributed by atoms with Crippen LogP contribution in [0.1, 0.15) is 17.0 Å². The standard InChI is InChI=1S/C11H15N5/c1-8-4-5-9(2)10(6-8)12-7-11-13-15-16(3)14-11/h4-6,12H,7H2,1-3H3. The molecule has 0 unspecified atom stereocenters. The Morgan fingerprint density at radius 1 is 1.31 bits per heavy atom. The summed E-state index contributed by atoms with van der Waals surface area (Å²) in [6, 6.07) is 6.31. The van der Waals surface area contributed by atoms with Gasteiger partial charge < -0.3 is 5.32 Å². The molecule has 0 aliphatic carbocycles. The molecule has 0 aliphatic heterocycles. The first-order chi connectivity index (χ1) is 7.65. The Morgan fingerprint density at radius 2 is 2.12 bits per heavy atom. The number of aryl methyl sites for hydroxylation is 3. The molecule has 5 heteroatoms. The number of rotatable bonds is 3. The lowest BCUT2D eigenvalue weighted by atomic mass is 10.1. The van der Waals surface area contributed by atoms with Gasteiger partial charge in [0.2, 0.25) is 0 Å². The zero-order valence-electron chi connectivity index (χ0n) is 9.73. The maximum atomic E-state index is 4.11. The van der Waals surface area contributed by atoms with Crippen LogP contribution in [0.15, 0.2) is 18.2 Å². The Kier molecular flexibility index (Phi) is 2.85. The summed E-state index contributed by atoms with van der Waals surface area (Å²) in [5, 5.41) is 15.1. The van der Waals surface area contributed by atoms with E-state index in [1.54, 1.807) is 7.05 Å². The normalized spacial score (nSPS) is 10.4. The average molecular weight is 217 g/mol. The summed E-state index contributed by atoms with van der Waals surface area (Å²) in [6.45, 7) is 4.75. The minimum Gasteiger partial charge on any atom is -0.377 e. The van der Waals surface area contributed by atoms with Gasteiger partial charge in [-0.15, -0.1) is 10.2 Å². The van der Waals surface area contributed by atoms with E-state index >= 15 is 0 Å². The zero-order valence-corrected chi connectivity index (χ0v) is 9.73. The third-order valence-electron chi connectivity index (χ3n) is 2.38. The van der Waals surface area contributed by atoms with Gasteiger partial charge in [-0.05, 0) is 36.3 Å². The van der Waals surface area contributed by atoms with E-state index < -0.39 is 0 Å². The lowest BCUT2D eigenvalue weighted by Gasteiger charge is -2.08. The van der Waals surface area contributed by atoms with Crippen LogP contribution in [0.2, 0.25) is 0 Å². The predicted octanol–water partition coefficient (Wildman–Crippen LogP) is 1.44. The summed E-state index contributed by atoms with van der Waals surface area (Å²) in [5.41, 5.74) is 3.57. The molecular weight excluding hydrogens is 202 g/mol. The molecule has 1 heterocycles. The number of benzene rings is 1. The van der Waals surface area contributed by atoms with E-state index in [4.69, 9.17) is 0 Å². The monoisotopic (exact) mass is 217 g/mol. The van der Waals surface area contributed by atoms with Crippen molar-refractivity contribution >= 4 is 5.69 Å². The molecule has 0 saturated carbocycles. The highest BCUT2D eigenvalue weighted by atomic mass is 15.6. The highest BCUT2D eigenvalue weighted by Crippen LogP contribution is 2.16. The van der Waals surface area contributed by atoms with E-state index in [-0.39, 0.29) is 0 Å². The van der Waals surface area contributed by atoms with Gasteiger partial charge in [0.1, 0.15) is 0 Å². The van der Waals surface area contributed by atoms with Crippen molar-refractivity contribution < 1.29 is 0 Å². The number of nitrogens with one attached hydrogen (secondary N) is 1. The van der Waals surface area contributed by atoms with Gasteiger partial charge in [-0.2, -0.15) is 4.80 Å². The van der Waals surface area contributed by atoms with Gasteiger partial charge in [0.05, 0.1) is 13.6 Å². The Labute approximate surface area is 94.5 Å². The fourth-order valence-corrected chi connectivity index (χ4v) is 1.49. The molecule has 1 aromatic carbocycles. The minimum absolute atomic E-state index is 0.595. The first-order valence-corrected chi connectivity index (χ1v) is 5.19. The van der Waals surface area contributed by atoms with Gasteiger partial charge >= 0.3 is 0 Å². The fourth-order valence-electron chi connectivity index (χ4n) is 1.49. The predicted molar refractivity (Wildman–Crippen MR) is 62.0 cm³/mol. The van der Waals surface area contributed by atoms with Crippen molar-refractivity contribution in [2.75, 3.05) is 5.32 Å². The number of aromatic nitrogens is 4. The van der Waals surface area contributed by atoms with Crippen LogP contribution >= 0.6 is 0 Å². The second kappa shape index (κ2) is 4.30. The summed E-state index contributed by atoms with van der Waals surface area (Å²) < 4.78 is 0. The first-order valence-electron chi connectivity index (χ1n) is 5.19. The quantitative estimate of drug-likeness (QED) is 0.845. The van der Waals surface area contributed by atoms with Gasteiger partial charge in [0, 0.05) is 5.69 Å². The lowest BCUT2D eigenvalue weighted by Crippen LogP contribution is -2.03. The molecule has 1 aromatic heterocycles. The van der Waals surface area contributed by atoms with E-state index in [0.717, 1.165) is 5.69 Å². The van der Waals surface area contributed by atoms with Gasteiger partial charge in [0.25, 0.3) is 0 Å². The van der Waals surface area contributed by atoms with E-state index in [2.05, 4.69) is 52.8 Å². The molecule has 0 radical (unpaired) electrons. The number of nitrogens with zero attached hydrogens (tertiary/aromatic N) is 4. The summed E-state index contributed by atoms with van der Waals surface area (Å²) in [6.07, 6.45) is 0. The van der Waals surface area contributed by atoms with E-state index in [1.807, 2.05) is 0 Å². The summed E-state index contributed by atoms with van der Waals surface area (Å²) in [7, 11) is 1.76. The van der Waals surface area contributed by atoms with Crippen molar-refractivity contribution in [2.45, 2.75) is 20.4 Å². The SMILES string of the molecule is Cc1ccc(C)c(NCc2nnn(C)n2)c1. The summed E-state index contributed by atoms with van der Waals surface area (Å²) in [4.78, 5) is 1.46. The van der Waals surface area contributed by atoms with Crippen molar-refractivity contribution in [2.24, 2.45) is 7.05 Å². The molecular formula is C11H15N5. The Balaban J connectivity index is 2.07. The molecule has 2 aromatic rings. The highest BCUT2D eigenvalue weighted by molar-refractivity contribution is 5.52. The molecule has 2 rings (SSSR count). The lowest BCUT2D eigenvalue weighted by molar-refractivity contribution is 0.628. The van der Waals surface area contributed by atoms with Gasteiger partial charge in [-0.1, -0.05) is 12.1 Å². The number of anilines is 1. The molecule has 0 aliphatic rings. The largest absolute Gasteiger partial charge is 0.377 e. The maximum absolute atomic E-state index is 4.11. The van der Waals surface area contributed by atoms with Gasteiger partial charge in [-0.3, -0.25) is 0 Å². The van der Waals surface area contributed by atoms with Crippen molar-refractivity contribution in [3.8, 4) is 0 Å². The third kappa shape index (κ3) is 2.36.